The number of amides is 1. The van der Waals surface area contributed by atoms with Crippen LogP contribution < -0.4 is 5.32 Å². The maximum atomic E-state index is 12.5. The van der Waals surface area contributed by atoms with Crippen LogP contribution in [0.25, 0.3) is 0 Å². The number of hydrogen-bond donors (Lipinski definition) is 2. The first-order valence-electron chi connectivity index (χ1n) is 8.90. The Labute approximate surface area is 148 Å². The van der Waals surface area contributed by atoms with Crippen molar-refractivity contribution in [1.82, 2.24) is 14.7 Å². The van der Waals surface area contributed by atoms with E-state index in [1.807, 2.05) is 41.9 Å². The molecule has 1 aromatic heterocycles. The number of benzene rings is 1. The summed E-state index contributed by atoms with van der Waals surface area (Å²) in [5.74, 6) is 0.438. The lowest BCUT2D eigenvalue weighted by molar-refractivity contribution is 0.102. The Morgan fingerprint density at radius 2 is 2.24 bits per heavy atom. The van der Waals surface area contributed by atoms with Crippen LogP contribution in [0, 0.1) is 6.92 Å². The molecular weight excluding hydrogens is 316 g/mol. The second-order valence-electron chi connectivity index (χ2n) is 6.73. The van der Waals surface area contributed by atoms with Crippen LogP contribution in [0.4, 0.5) is 5.82 Å². The fourth-order valence-corrected chi connectivity index (χ4v) is 3.22. The van der Waals surface area contributed by atoms with Gasteiger partial charge in [0.05, 0.1) is 6.10 Å². The molecule has 1 atom stereocenters. The summed E-state index contributed by atoms with van der Waals surface area (Å²) in [5, 5.41) is 16.9. The first-order chi connectivity index (χ1) is 12.0. The molecule has 2 heterocycles. The van der Waals surface area contributed by atoms with Crippen molar-refractivity contribution in [2.45, 2.75) is 45.9 Å². The van der Waals surface area contributed by atoms with E-state index in [0.717, 1.165) is 43.7 Å². The highest BCUT2D eigenvalue weighted by atomic mass is 16.3. The van der Waals surface area contributed by atoms with Gasteiger partial charge in [-0.15, -0.1) is 0 Å². The lowest BCUT2D eigenvalue weighted by atomic mass is 10.1. The number of aliphatic hydroxyl groups excluding tert-OH is 1. The number of aryl methyl sites for hydroxylation is 2. The molecule has 3 rings (SSSR count). The summed E-state index contributed by atoms with van der Waals surface area (Å²) in [4.78, 5) is 14.7. The van der Waals surface area contributed by atoms with E-state index in [9.17, 15) is 9.90 Å². The summed E-state index contributed by atoms with van der Waals surface area (Å²) in [6.45, 7) is 7.28. The van der Waals surface area contributed by atoms with Crippen LogP contribution in [-0.2, 0) is 13.1 Å². The van der Waals surface area contributed by atoms with Crippen LogP contribution in [0.2, 0.25) is 0 Å². The van der Waals surface area contributed by atoms with E-state index in [0.29, 0.717) is 17.9 Å². The monoisotopic (exact) mass is 342 g/mol. The molecule has 2 N–H and O–H groups in total. The first-order valence-corrected chi connectivity index (χ1v) is 8.90. The molecule has 0 bridgehead atoms. The number of anilines is 1. The minimum Gasteiger partial charge on any atom is -0.392 e. The number of hydrogen-bond acceptors (Lipinski definition) is 4. The van der Waals surface area contributed by atoms with Crippen molar-refractivity contribution in [2.75, 3.05) is 18.4 Å². The Morgan fingerprint density at radius 3 is 2.96 bits per heavy atom. The van der Waals surface area contributed by atoms with Gasteiger partial charge < -0.3 is 10.4 Å². The topological polar surface area (TPSA) is 70.4 Å². The van der Waals surface area contributed by atoms with Crippen molar-refractivity contribution in [3.63, 3.8) is 0 Å². The third-order valence-electron chi connectivity index (χ3n) is 4.50. The SMILES string of the molecule is CCCn1nc(NC(=O)c2cccc(CN3CC[C@H](O)C3)c2)cc1C. The summed E-state index contributed by atoms with van der Waals surface area (Å²) >= 11 is 0. The number of carbonyl (C=O) groups excluding carboxylic acids is 1. The van der Waals surface area contributed by atoms with E-state index in [1.165, 1.54) is 0 Å². The van der Waals surface area contributed by atoms with Gasteiger partial charge in [-0.05, 0) is 37.5 Å². The summed E-state index contributed by atoms with van der Waals surface area (Å²) in [7, 11) is 0. The van der Waals surface area contributed by atoms with Crippen molar-refractivity contribution < 1.29 is 9.90 Å². The zero-order valence-corrected chi connectivity index (χ0v) is 14.9. The number of aliphatic hydroxyl groups is 1. The second-order valence-corrected chi connectivity index (χ2v) is 6.73. The van der Waals surface area contributed by atoms with Crippen molar-refractivity contribution in [3.05, 3.63) is 47.2 Å². The van der Waals surface area contributed by atoms with Crippen molar-refractivity contribution in [2.24, 2.45) is 0 Å². The van der Waals surface area contributed by atoms with Gasteiger partial charge in [-0.25, -0.2) is 0 Å². The van der Waals surface area contributed by atoms with Gasteiger partial charge >= 0.3 is 0 Å². The number of nitrogens with zero attached hydrogens (tertiary/aromatic N) is 3. The number of rotatable bonds is 6. The molecule has 1 aliphatic heterocycles. The molecule has 0 radical (unpaired) electrons. The van der Waals surface area contributed by atoms with Crippen molar-refractivity contribution in [1.29, 1.82) is 0 Å². The molecule has 6 nitrogen and oxygen atoms in total. The van der Waals surface area contributed by atoms with Gasteiger partial charge in [0.25, 0.3) is 5.91 Å². The number of aromatic nitrogens is 2. The molecule has 1 aromatic carbocycles. The highest BCUT2D eigenvalue weighted by molar-refractivity contribution is 6.03. The highest BCUT2D eigenvalue weighted by Crippen LogP contribution is 2.16. The predicted molar refractivity (Wildman–Crippen MR) is 97.6 cm³/mol. The molecule has 1 aliphatic rings. The van der Waals surface area contributed by atoms with Crippen LogP contribution in [-0.4, -0.2) is 44.9 Å². The Hall–Kier alpha value is -2.18. The third kappa shape index (κ3) is 4.46. The quantitative estimate of drug-likeness (QED) is 0.846. The van der Waals surface area contributed by atoms with E-state index in [1.54, 1.807) is 0 Å². The summed E-state index contributed by atoms with van der Waals surface area (Å²) < 4.78 is 1.91. The van der Waals surface area contributed by atoms with E-state index < -0.39 is 0 Å². The normalized spacial score (nSPS) is 17.8. The Morgan fingerprint density at radius 1 is 1.40 bits per heavy atom. The molecule has 0 unspecified atom stereocenters. The Kier molecular flexibility index (Phi) is 5.50. The van der Waals surface area contributed by atoms with E-state index in [4.69, 9.17) is 0 Å². The molecule has 2 aromatic rings. The van der Waals surface area contributed by atoms with Crippen LogP contribution >= 0.6 is 0 Å². The molecule has 0 saturated carbocycles. The predicted octanol–water partition coefficient (Wildman–Crippen LogP) is 2.42. The van der Waals surface area contributed by atoms with E-state index >= 15 is 0 Å². The molecular formula is C19H26N4O2. The third-order valence-corrected chi connectivity index (χ3v) is 4.50. The van der Waals surface area contributed by atoms with Gasteiger partial charge in [0.2, 0.25) is 0 Å². The minimum absolute atomic E-state index is 0.149. The molecule has 6 heteroatoms. The summed E-state index contributed by atoms with van der Waals surface area (Å²) in [5.41, 5.74) is 2.74. The van der Waals surface area contributed by atoms with Gasteiger partial charge in [0, 0.05) is 43.5 Å². The fraction of sp³-hybridized carbons (Fsp3) is 0.474. The van der Waals surface area contributed by atoms with E-state index in [2.05, 4.69) is 22.2 Å². The average Bonchev–Trinajstić information content (AvgIpc) is 3.14. The van der Waals surface area contributed by atoms with Gasteiger partial charge in [0.15, 0.2) is 5.82 Å². The van der Waals surface area contributed by atoms with Crippen LogP contribution in [0.15, 0.2) is 30.3 Å². The summed E-state index contributed by atoms with van der Waals surface area (Å²) in [6.07, 6.45) is 1.59. The second kappa shape index (κ2) is 7.80. The lowest BCUT2D eigenvalue weighted by Crippen LogP contribution is -2.21. The first kappa shape index (κ1) is 17.6. The smallest absolute Gasteiger partial charge is 0.256 e. The van der Waals surface area contributed by atoms with Crippen molar-refractivity contribution >= 4 is 11.7 Å². The standard InChI is InChI=1S/C19H26N4O2/c1-3-8-23-14(2)10-18(21-23)20-19(25)16-6-4-5-15(11-16)12-22-9-7-17(24)13-22/h4-6,10-11,17,24H,3,7-9,12-13H2,1-2H3,(H,20,21,25)/t17-/m0/s1. The average molecular weight is 342 g/mol. The zero-order chi connectivity index (χ0) is 17.8. The molecule has 1 saturated heterocycles. The molecule has 0 aliphatic carbocycles. The number of likely N-dealkylation sites (tertiary alicyclic amines) is 1. The van der Waals surface area contributed by atoms with E-state index in [-0.39, 0.29) is 12.0 Å². The molecule has 134 valence electrons. The summed E-state index contributed by atoms with van der Waals surface area (Å²) in [6, 6.07) is 9.53. The van der Waals surface area contributed by atoms with Crippen molar-refractivity contribution in [3.8, 4) is 0 Å². The molecule has 1 fully saturated rings. The largest absolute Gasteiger partial charge is 0.392 e. The van der Waals surface area contributed by atoms with Crippen LogP contribution in [0.5, 0.6) is 0 Å². The van der Waals surface area contributed by atoms with Gasteiger partial charge in [-0.3, -0.25) is 14.4 Å². The number of nitrogens with one attached hydrogen (secondary N) is 1. The molecule has 0 spiro atoms. The van der Waals surface area contributed by atoms with Gasteiger partial charge in [0.1, 0.15) is 0 Å². The Balaban J connectivity index is 1.65. The Bertz CT molecular complexity index is 741. The van der Waals surface area contributed by atoms with Crippen LogP contribution in [0.1, 0.15) is 41.4 Å². The number of β-amino-alcohol motifs (C(OH)–C–C–N with tert-alkyl or cyclic N) is 1. The fourth-order valence-electron chi connectivity index (χ4n) is 3.22. The zero-order valence-electron chi connectivity index (χ0n) is 14.9. The lowest BCUT2D eigenvalue weighted by Gasteiger charge is -2.15. The highest BCUT2D eigenvalue weighted by Gasteiger charge is 2.20. The maximum absolute atomic E-state index is 12.5. The molecule has 25 heavy (non-hydrogen) atoms. The van der Waals surface area contributed by atoms with Gasteiger partial charge in [-0.2, -0.15) is 5.10 Å². The minimum atomic E-state index is -0.229. The van der Waals surface area contributed by atoms with Gasteiger partial charge in [-0.1, -0.05) is 19.1 Å². The maximum Gasteiger partial charge on any atom is 0.256 e. The van der Waals surface area contributed by atoms with Crippen LogP contribution in [0.3, 0.4) is 0 Å². The molecule has 1 amide bonds. The number of carbonyl (C=O) groups is 1.